The van der Waals surface area contributed by atoms with Crippen LogP contribution in [0.3, 0.4) is 0 Å². The second kappa shape index (κ2) is 8.74. The van der Waals surface area contributed by atoms with Crippen LogP contribution >= 0.6 is 0 Å². The molecule has 0 saturated carbocycles. The van der Waals surface area contributed by atoms with Crippen molar-refractivity contribution in [3.63, 3.8) is 0 Å². The molecule has 1 unspecified atom stereocenters. The van der Waals surface area contributed by atoms with Gasteiger partial charge in [0.1, 0.15) is 0 Å². The fraction of sp³-hybridized carbons (Fsp3) is 0.435. The van der Waals surface area contributed by atoms with E-state index in [9.17, 15) is 9.59 Å². The summed E-state index contributed by atoms with van der Waals surface area (Å²) >= 11 is 0. The van der Waals surface area contributed by atoms with Gasteiger partial charge in [0.15, 0.2) is 0 Å². The Kier molecular flexibility index (Phi) is 5.90. The maximum absolute atomic E-state index is 13.6. The number of nitrogens with zero attached hydrogens (tertiary/aromatic N) is 3. The van der Waals surface area contributed by atoms with E-state index in [0.29, 0.717) is 18.7 Å². The summed E-state index contributed by atoms with van der Waals surface area (Å²) in [6.07, 6.45) is 5.58. The van der Waals surface area contributed by atoms with Crippen molar-refractivity contribution in [2.45, 2.75) is 45.2 Å². The van der Waals surface area contributed by atoms with Gasteiger partial charge >= 0.3 is 0 Å². The van der Waals surface area contributed by atoms with E-state index in [-0.39, 0.29) is 17.9 Å². The van der Waals surface area contributed by atoms with Crippen LogP contribution in [0.1, 0.15) is 47.8 Å². The molecule has 2 aromatic rings. The zero-order valence-electron chi connectivity index (χ0n) is 16.9. The Bertz CT molecular complexity index is 876. The van der Waals surface area contributed by atoms with Gasteiger partial charge in [-0.2, -0.15) is 0 Å². The van der Waals surface area contributed by atoms with Crippen molar-refractivity contribution >= 4 is 17.5 Å². The number of pyridine rings is 1. The summed E-state index contributed by atoms with van der Waals surface area (Å²) in [5.41, 5.74) is 3.61. The van der Waals surface area contributed by atoms with Gasteiger partial charge in [0.2, 0.25) is 5.91 Å². The van der Waals surface area contributed by atoms with Gasteiger partial charge in [-0.05, 0) is 74.7 Å². The SMILES string of the molecule is CC(=O)N1CCc2cc(C(=O)N(Cc3ccccn3)C3CCCNCC3)ccc21. The minimum absolute atomic E-state index is 0.0468. The summed E-state index contributed by atoms with van der Waals surface area (Å²) in [4.78, 5) is 33.6. The predicted octanol–water partition coefficient (Wildman–Crippen LogP) is 2.78. The zero-order valence-corrected chi connectivity index (χ0v) is 16.9. The lowest BCUT2D eigenvalue weighted by atomic mass is 10.0. The minimum Gasteiger partial charge on any atom is -0.330 e. The molecule has 6 nitrogen and oxygen atoms in total. The Morgan fingerprint density at radius 1 is 1.21 bits per heavy atom. The van der Waals surface area contributed by atoms with Crippen LogP contribution in [0.4, 0.5) is 5.69 Å². The molecule has 0 radical (unpaired) electrons. The topological polar surface area (TPSA) is 65.5 Å². The molecule has 3 heterocycles. The van der Waals surface area contributed by atoms with Crippen molar-refractivity contribution in [3.05, 3.63) is 59.4 Å². The number of fused-ring (bicyclic) bond motifs is 1. The lowest BCUT2D eigenvalue weighted by Crippen LogP contribution is -2.40. The summed E-state index contributed by atoms with van der Waals surface area (Å²) in [7, 11) is 0. The van der Waals surface area contributed by atoms with Gasteiger partial charge in [-0.15, -0.1) is 0 Å². The van der Waals surface area contributed by atoms with Crippen LogP contribution in [0.15, 0.2) is 42.6 Å². The van der Waals surface area contributed by atoms with Gasteiger partial charge in [-0.3, -0.25) is 14.6 Å². The van der Waals surface area contributed by atoms with Gasteiger partial charge in [0, 0.05) is 37.0 Å². The van der Waals surface area contributed by atoms with Gasteiger partial charge in [0.05, 0.1) is 12.2 Å². The van der Waals surface area contributed by atoms with E-state index < -0.39 is 0 Å². The number of aromatic nitrogens is 1. The Morgan fingerprint density at radius 2 is 2.10 bits per heavy atom. The van der Waals surface area contributed by atoms with E-state index in [0.717, 1.165) is 55.7 Å². The summed E-state index contributed by atoms with van der Waals surface area (Å²) in [6, 6.07) is 11.8. The molecule has 1 N–H and O–H groups in total. The van der Waals surface area contributed by atoms with Gasteiger partial charge in [-0.1, -0.05) is 6.07 Å². The number of anilines is 1. The smallest absolute Gasteiger partial charge is 0.254 e. The molecule has 1 aromatic heterocycles. The second-order valence-corrected chi connectivity index (χ2v) is 7.85. The number of hydrogen-bond acceptors (Lipinski definition) is 4. The van der Waals surface area contributed by atoms with Gasteiger partial charge in [0.25, 0.3) is 5.91 Å². The molecule has 1 fully saturated rings. The largest absolute Gasteiger partial charge is 0.330 e. The highest BCUT2D eigenvalue weighted by Gasteiger charge is 2.28. The molecule has 6 heteroatoms. The molecule has 152 valence electrons. The first-order valence-corrected chi connectivity index (χ1v) is 10.5. The van der Waals surface area contributed by atoms with E-state index in [2.05, 4.69) is 10.3 Å². The average Bonchev–Trinajstić information content (AvgIpc) is 2.98. The van der Waals surface area contributed by atoms with Crippen LogP contribution < -0.4 is 10.2 Å². The van der Waals surface area contributed by atoms with Crippen molar-refractivity contribution in [1.82, 2.24) is 15.2 Å². The van der Waals surface area contributed by atoms with Crippen molar-refractivity contribution in [1.29, 1.82) is 0 Å². The van der Waals surface area contributed by atoms with Crippen LogP contribution in [0.25, 0.3) is 0 Å². The quantitative estimate of drug-likeness (QED) is 0.869. The third-order valence-corrected chi connectivity index (χ3v) is 5.91. The maximum atomic E-state index is 13.6. The Balaban J connectivity index is 1.61. The number of amides is 2. The number of carbonyl (C=O) groups is 2. The lowest BCUT2D eigenvalue weighted by Gasteiger charge is -2.31. The van der Waals surface area contributed by atoms with Crippen molar-refractivity contribution < 1.29 is 9.59 Å². The summed E-state index contributed by atoms with van der Waals surface area (Å²) in [5, 5.41) is 3.43. The molecule has 1 aromatic carbocycles. The molecule has 1 saturated heterocycles. The molecular formula is C23H28N4O2. The third-order valence-electron chi connectivity index (χ3n) is 5.91. The van der Waals surface area contributed by atoms with Crippen molar-refractivity contribution in [3.8, 4) is 0 Å². The summed E-state index contributed by atoms with van der Waals surface area (Å²) in [6.45, 7) is 4.72. The highest BCUT2D eigenvalue weighted by molar-refractivity contribution is 5.98. The van der Waals surface area contributed by atoms with E-state index in [4.69, 9.17) is 0 Å². The Labute approximate surface area is 171 Å². The molecule has 1 atom stereocenters. The lowest BCUT2D eigenvalue weighted by molar-refractivity contribution is -0.116. The number of benzene rings is 1. The fourth-order valence-corrected chi connectivity index (χ4v) is 4.37. The Hall–Kier alpha value is -2.73. The molecule has 0 bridgehead atoms. The zero-order chi connectivity index (χ0) is 20.2. The maximum Gasteiger partial charge on any atom is 0.254 e. The van der Waals surface area contributed by atoms with E-state index in [1.54, 1.807) is 18.0 Å². The Morgan fingerprint density at radius 3 is 2.90 bits per heavy atom. The van der Waals surface area contributed by atoms with Crippen LogP contribution in [0, 0.1) is 0 Å². The molecular weight excluding hydrogens is 364 g/mol. The molecule has 4 rings (SSSR count). The first kappa shape index (κ1) is 19.6. The predicted molar refractivity (Wildman–Crippen MR) is 113 cm³/mol. The third kappa shape index (κ3) is 4.32. The standard InChI is InChI=1S/C23H28N4O2/c1-17(28)26-14-10-18-15-19(7-8-22(18)26)23(29)27(16-20-5-2-3-12-25-20)21-6-4-11-24-13-9-21/h2-3,5,7-8,12,15,21,24H,4,6,9-11,13-14,16H2,1H3. The number of carbonyl (C=O) groups excluding carboxylic acids is 2. The van der Waals surface area contributed by atoms with Crippen LogP contribution in [0.5, 0.6) is 0 Å². The van der Waals surface area contributed by atoms with Gasteiger partial charge < -0.3 is 15.1 Å². The monoisotopic (exact) mass is 392 g/mol. The summed E-state index contributed by atoms with van der Waals surface area (Å²) in [5.74, 6) is 0.0946. The highest BCUT2D eigenvalue weighted by atomic mass is 16.2. The molecule has 2 aliphatic heterocycles. The number of nitrogens with one attached hydrogen (secondary N) is 1. The van der Waals surface area contributed by atoms with Gasteiger partial charge in [-0.25, -0.2) is 0 Å². The fourth-order valence-electron chi connectivity index (χ4n) is 4.37. The first-order chi connectivity index (χ1) is 14.1. The van der Waals surface area contributed by atoms with E-state index >= 15 is 0 Å². The van der Waals surface area contributed by atoms with E-state index in [1.807, 2.05) is 41.3 Å². The highest BCUT2D eigenvalue weighted by Crippen LogP contribution is 2.30. The minimum atomic E-state index is 0.0468. The van der Waals surface area contributed by atoms with Crippen LogP contribution in [-0.4, -0.2) is 47.4 Å². The normalized spacial score (nSPS) is 18.8. The molecule has 29 heavy (non-hydrogen) atoms. The van der Waals surface area contributed by atoms with Crippen molar-refractivity contribution in [2.75, 3.05) is 24.5 Å². The number of hydrogen-bond donors (Lipinski definition) is 1. The molecule has 2 amide bonds. The molecule has 2 aliphatic rings. The first-order valence-electron chi connectivity index (χ1n) is 10.5. The molecule has 0 aliphatic carbocycles. The van der Waals surface area contributed by atoms with Crippen LogP contribution in [-0.2, 0) is 17.8 Å². The average molecular weight is 393 g/mol. The van der Waals surface area contributed by atoms with Crippen molar-refractivity contribution in [2.24, 2.45) is 0 Å². The second-order valence-electron chi connectivity index (χ2n) is 7.85. The molecule has 0 spiro atoms. The van der Waals surface area contributed by atoms with E-state index in [1.165, 1.54) is 0 Å². The summed E-state index contributed by atoms with van der Waals surface area (Å²) < 4.78 is 0. The number of rotatable bonds is 4. The van der Waals surface area contributed by atoms with Crippen LogP contribution in [0.2, 0.25) is 0 Å².